The first-order valence-corrected chi connectivity index (χ1v) is 25.7. The van der Waals surface area contributed by atoms with Crippen LogP contribution in [0.25, 0.3) is 0 Å². The Labute approximate surface area is 425 Å². The lowest BCUT2D eigenvalue weighted by Gasteiger charge is -2.14. The van der Waals surface area contributed by atoms with Gasteiger partial charge < -0.3 is 60.4 Å². The van der Waals surface area contributed by atoms with Gasteiger partial charge in [0, 0.05) is 64.3 Å². The van der Waals surface area contributed by atoms with E-state index in [0.29, 0.717) is 90.0 Å². The third kappa shape index (κ3) is 36.7. The van der Waals surface area contributed by atoms with Gasteiger partial charge in [-0.1, -0.05) is 38.5 Å². The smallest absolute Gasteiger partial charge is 0.335 e. The number of Topliss-reactive ketones (excluding diaryl/α,β-unsaturated/α-hetero) is 4. The predicted octanol–water partition coefficient (Wildman–Crippen LogP) is 5.08. The van der Waals surface area contributed by atoms with Crippen LogP contribution < -0.4 is 26.4 Å². The summed E-state index contributed by atoms with van der Waals surface area (Å²) in [4.78, 5) is 107. The van der Waals surface area contributed by atoms with Gasteiger partial charge in [0.25, 0.3) is 0 Å². The molecule has 7 N–H and O–H groups in total. The van der Waals surface area contributed by atoms with Crippen molar-refractivity contribution >= 4 is 52.8 Å². The number of ether oxygens (including phenoxy) is 5. The van der Waals surface area contributed by atoms with Gasteiger partial charge in [0.1, 0.15) is 48.1 Å². The molecule has 1 aromatic carbocycles. The van der Waals surface area contributed by atoms with Crippen molar-refractivity contribution < 1.29 is 77.0 Å². The number of carbonyl (C=O) groups is 9. The highest BCUT2D eigenvalue weighted by atomic mass is 16.5. The Kier molecular flexibility index (Phi) is 38.2. The van der Waals surface area contributed by atoms with Gasteiger partial charge in [0.05, 0.1) is 44.6 Å². The molecule has 1 rings (SSSR count). The number of amides is 3. The highest BCUT2D eigenvalue weighted by Gasteiger charge is 2.21. The standard InChI is InChI=1S/C52H84N4O16/c1-39(57)36-42(40(2)58)16-9-11-27-54-49(62)37-71-35-33-69-30-15-19-47(60)45(53)18-10-12-28-55-50(63)38-70-34-32-68-29-14-17-43(59)23-26-46(52(66)67)56-48(61)20-8-6-4-3-5-7-13-31-72-44-24-21-41(22-25-44)51(64)65/h21-22,24-25,42,45-46H,3-20,23,26-38,53H2,1-2H3,(H,54,62)(H,55,63)(H,56,61)(H,64,65)(H,66,67)/t42-,45+,46+/m1/s1. The highest BCUT2D eigenvalue weighted by Crippen LogP contribution is 2.16. The number of carboxylic acid groups (broad SMARTS) is 2. The maximum absolute atomic E-state index is 12.4. The van der Waals surface area contributed by atoms with E-state index in [0.717, 1.165) is 44.9 Å². The summed E-state index contributed by atoms with van der Waals surface area (Å²) in [6.45, 7) is 5.71. The van der Waals surface area contributed by atoms with Crippen LogP contribution >= 0.6 is 0 Å². The number of nitrogens with two attached hydrogens (primary N) is 1. The van der Waals surface area contributed by atoms with Crippen molar-refractivity contribution in [3.63, 3.8) is 0 Å². The van der Waals surface area contributed by atoms with E-state index in [1.165, 1.54) is 26.0 Å². The molecule has 0 unspecified atom stereocenters. The molecule has 0 radical (unpaired) electrons. The van der Waals surface area contributed by atoms with E-state index in [1.807, 2.05) is 0 Å². The number of hydrogen-bond donors (Lipinski definition) is 6. The van der Waals surface area contributed by atoms with Crippen LogP contribution in [0.1, 0.15) is 159 Å². The van der Waals surface area contributed by atoms with Crippen molar-refractivity contribution in [3.8, 4) is 5.75 Å². The number of carboxylic acids is 2. The largest absolute Gasteiger partial charge is 0.494 e. The van der Waals surface area contributed by atoms with Crippen LogP contribution in [0, 0.1) is 5.92 Å². The molecule has 20 heteroatoms. The van der Waals surface area contributed by atoms with Crippen LogP contribution in [0.2, 0.25) is 0 Å². The van der Waals surface area contributed by atoms with Gasteiger partial charge in [0.2, 0.25) is 17.7 Å². The number of carbonyl (C=O) groups excluding carboxylic acids is 7. The van der Waals surface area contributed by atoms with Crippen LogP contribution in [0.5, 0.6) is 5.75 Å². The SMILES string of the molecule is CC(=O)C[C@@H](CCCCNC(=O)COCCOCCCC(=O)[C@@H](N)CCCCNC(=O)COCCOCCCC(=O)CC[C@H](NC(=O)CCCCCCCCCOc1ccc(C(=O)O)cc1)C(=O)O)C(C)=O. The molecular formula is C52H84N4O16. The zero-order valence-electron chi connectivity index (χ0n) is 42.9. The second-order valence-electron chi connectivity index (χ2n) is 18.0. The minimum absolute atomic E-state index is 0.00519. The van der Waals surface area contributed by atoms with E-state index in [9.17, 15) is 48.3 Å². The molecule has 0 aromatic heterocycles. The summed E-state index contributed by atoms with van der Waals surface area (Å²) in [5, 5.41) is 26.6. The Morgan fingerprint density at radius 1 is 0.542 bits per heavy atom. The fraction of sp³-hybridized carbons (Fsp3) is 0.712. The molecule has 0 aliphatic rings. The lowest BCUT2D eigenvalue weighted by Crippen LogP contribution is -2.41. The second-order valence-corrected chi connectivity index (χ2v) is 18.0. The number of aromatic carboxylic acids is 1. The topological polar surface area (TPSA) is 302 Å². The molecule has 1 aromatic rings. The minimum atomic E-state index is -1.18. The molecule has 0 aliphatic carbocycles. The molecule has 0 aliphatic heterocycles. The van der Waals surface area contributed by atoms with Gasteiger partial charge in [0.15, 0.2) is 0 Å². The monoisotopic (exact) mass is 1020 g/mol. The number of unbranched alkanes of at least 4 members (excludes halogenated alkanes) is 8. The summed E-state index contributed by atoms with van der Waals surface area (Å²) >= 11 is 0. The Bertz CT molecular complexity index is 1740. The molecule has 0 heterocycles. The van der Waals surface area contributed by atoms with E-state index in [2.05, 4.69) is 16.0 Å². The van der Waals surface area contributed by atoms with Crippen molar-refractivity contribution in [3.05, 3.63) is 29.8 Å². The Morgan fingerprint density at radius 2 is 1.08 bits per heavy atom. The van der Waals surface area contributed by atoms with Gasteiger partial charge >= 0.3 is 11.9 Å². The van der Waals surface area contributed by atoms with Gasteiger partial charge in [-0.15, -0.1) is 0 Å². The molecule has 0 bridgehead atoms. The third-order valence-electron chi connectivity index (χ3n) is 11.5. The van der Waals surface area contributed by atoms with E-state index in [1.54, 1.807) is 12.1 Å². The Hall–Kier alpha value is -5.15. The molecule has 0 fully saturated rings. The number of hydrogen-bond acceptors (Lipinski definition) is 15. The molecule has 72 heavy (non-hydrogen) atoms. The highest BCUT2D eigenvalue weighted by molar-refractivity contribution is 5.88. The molecular weight excluding hydrogens is 937 g/mol. The average molecular weight is 1020 g/mol. The van der Waals surface area contributed by atoms with Crippen molar-refractivity contribution in [2.45, 2.75) is 161 Å². The van der Waals surface area contributed by atoms with Crippen LogP contribution in [0.4, 0.5) is 0 Å². The molecule has 0 saturated carbocycles. The fourth-order valence-corrected chi connectivity index (χ4v) is 7.30. The van der Waals surface area contributed by atoms with Gasteiger partial charge in [-0.25, -0.2) is 9.59 Å². The number of rotatable bonds is 49. The number of nitrogens with one attached hydrogen (secondary N) is 3. The van der Waals surface area contributed by atoms with Crippen molar-refractivity contribution in [2.24, 2.45) is 11.7 Å². The lowest BCUT2D eigenvalue weighted by atomic mass is 9.93. The molecule has 0 spiro atoms. The average Bonchev–Trinajstić information content (AvgIpc) is 3.34. The minimum Gasteiger partial charge on any atom is -0.494 e. The molecule has 3 amide bonds. The third-order valence-corrected chi connectivity index (χ3v) is 11.5. The number of ketones is 4. The van der Waals surface area contributed by atoms with Crippen molar-refractivity contribution in [1.82, 2.24) is 16.0 Å². The van der Waals surface area contributed by atoms with E-state index in [4.69, 9.17) is 34.5 Å². The van der Waals surface area contributed by atoms with Gasteiger partial charge in [-0.2, -0.15) is 0 Å². The first-order chi connectivity index (χ1) is 34.6. The van der Waals surface area contributed by atoms with E-state index in [-0.39, 0.29) is 131 Å². The van der Waals surface area contributed by atoms with Crippen molar-refractivity contribution in [1.29, 1.82) is 0 Å². The van der Waals surface area contributed by atoms with E-state index < -0.39 is 24.0 Å². The predicted molar refractivity (Wildman–Crippen MR) is 268 cm³/mol. The first-order valence-electron chi connectivity index (χ1n) is 25.7. The second kappa shape index (κ2) is 42.4. The Balaban J connectivity index is 1.94. The summed E-state index contributed by atoms with van der Waals surface area (Å²) in [5.41, 5.74) is 6.26. The maximum Gasteiger partial charge on any atom is 0.335 e. The fourth-order valence-electron chi connectivity index (χ4n) is 7.30. The van der Waals surface area contributed by atoms with Gasteiger partial charge in [-0.05, 0) is 102 Å². The zero-order chi connectivity index (χ0) is 53.2. The Morgan fingerprint density at radius 3 is 1.64 bits per heavy atom. The summed E-state index contributed by atoms with van der Waals surface area (Å²) in [6.07, 6.45) is 12.1. The van der Waals surface area contributed by atoms with Gasteiger partial charge in [-0.3, -0.25) is 28.8 Å². The number of aliphatic carboxylic acids is 1. The summed E-state index contributed by atoms with van der Waals surface area (Å²) in [7, 11) is 0. The quantitative estimate of drug-likeness (QED) is 0.0464. The number of benzene rings is 1. The summed E-state index contributed by atoms with van der Waals surface area (Å²) in [6, 6.07) is 4.56. The zero-order valence-corrected chi connectivity index (χ0v) is 42.9. The maximum atomic E-state index is 12.4. The van der Waals surface area contributed by atoms with Crippen LogP contribution in [-0.2, 0) is 57.3 Å². The normalized spacial score (nSPS) is 12.3. The van der Waals surface area contributed by atoms with E-state index >= 15 is 0 Å². The molecule has 3 atom stereocenters. The first kappa shape index (κ1) is 64.9. The summed E-state index contributed by atoms with van der Waals surface area (Å²) in [5.74, 6) is -2.86. The molecule has 408 valence electrons. The van der Waals surface area contributed by atoms with Crippen LogP contribution in [0.15, 0.2) is 24.3 Å². The molecule has 0 saturated heterocycles. The lowest BCUT2D eigenvalue weighted by molar-refractivity contribution is -0.142. The summed E-state index contributed by atoms with van der Waals surface area (Å²) < 4.78 is 27.3. The van der Waals surface area contributed by atoms with Crippen molar-refractivity contribution in [2.75, 3.05) is 72.6 Å². The van der Waals surface area contributed by atoms with Crippen LogP contribution in [0.3, 0.4) is 0 Å². The van der Waals surface area contributed by atoms with Crippen LogP contribution in [-0.4, -0.2) is 148 Å². The molecule has 20 nitrogen and oxygen atoms in total.